The van der Waals surface area contributed by atoms with Crippen molar-refractivity contribution in [3.8, 4) is 0 Å². The highest BCUT2D eigenvalue weighted by Crippen LogP contribution is 2.76. The summed E-state index contributed by atoms with van der Waals surface area (Å²) >= 11 is 0. The molecule has 4 saturated carbocycles. The quantitative estimate of drug-likeness (QED) is 0.284. The Kier molecular flexibility index (Phi) is 5.40. The Morgan fingerprint density at radius 2 is 1.44 bits per heavy atom. The molecule has 0 aliphatic heterocycles. The number of hydrogen-bond acceptors (Lipinski definition) is 2. The molecule has 0 radical (unpaired) electrons. The fourth-order valence-corrected chi connectivity index (χ4v) is 11.0. The van der Waals surface area contributed by atoms with E-state index in [1.807, 2.05) is 5.57 Å². The lowest BCUT2D eigenvalue weighted by Crippen LogP contribution is -2.66. The summed E-state index contributed by atoms with van der Waals surface area (Å²) in [6, 6.07) is 0. The Balaban J connectivity index is 1.51. The topological polar surface area (TPSA) is 26.3 Å². The van der Waals surface area contributed by atoms with E-state index in [1.165, 1.54) is 57.8 Å². The fourth-order valence-electron chi connectivity index (χ4n) is 11.0. The van der Waals surface area contributed by atoms with E-state index in [0.717, 1.165) is 18.3 Å². The third kappa shape index (κ3) is 3.21. The van der Waals surface area contributed by atoms with Gasteiger partial charge < -0.3 is 4.74 Å². The molecule has 0 N–H and O–H groups in total. The van der Waals surface area contributed by atoms with Gasteiger partial charge in [0.25, 0.3) is 0 Å². The highest BCUT2D eigenvalue weighted by Gasteiger charge is 2.69. The van der Waals surface area contributed by atoms with Crippen molar-refractivity contribution in [1.82, 2.24) is 0 Å². The van der Waals surface area contributed by atoms with Gasteiger partial charge in [0.05, 0.1) is 0 Å². The molecule has 0 spiro atoms. The number of fused-ring (bicyclic) bond motifs is 7. The minimum Gasteiger partial charge on any atom is -0.462 e. The van der Waals surface area contributed by atoms with Crippen LogP contribution in [0.15, 0.2) is 11.6 Å². The molecule has 4 fully saturated rings. The van der Waals surface area contributed by atoms with Crippen LogP contribution in [0.2, 0.25) is 0 Å². The van der Waals surface area contributed by atoms with Crippen molar-refractivity contribution in [3.05, 3.63) is 11.6 Å². The van der Waals surface area contributed by atoms with E-state index >= 15 is 0 Å². The van der Waals surface area contributed by atoms with Crippen molar-refractivity contribution >= 4 is 5.97 Å². The average Bonchev–Trinajstić information content (AvgIpc) is 2.72. The van der Waals surface area contributed by atoms with E-state index in [1.54, 1.807) is 6.92 Å². The predicted octanol–water partition coefficient (Wildman–Crippen LogP) is 8.74. The normalized spacial score (nSPS) is 51.1. The minimum atomic E-state index is -0.107. The van der Waals surface area contributed by atoms with Crippen molar-refractivity contribution in [2.75, 3.05) is 0 Å². The van der Waals surface area contributed by atoms with Crippen LogP contribution in [-0.4, -0.2) is 12.1 Å². The zero-order chi connectivity index (χ0) is 24.9. The maximum Gasteiger partial charge on any atom is 0.302 e. The van der Waals surface area contributed by atoms with Gasteiger partial charge in [-0.15, -0.1) is 0 Å². The van der Waals surface area contributed by atoms with Crippen molar-refractivity contribution in [1.29, 1.82) is 0 Å². The molecular weight excluding hydrogens is 416 g/mol. The van der Waals surface area contributed by atoms with Crippen LogP contribution in [-0.2, 0) is 9.53 Å². The number of ether oxygens (including phenoxy) is 1. The molecule has 0 aromatic rings. The number of carbonyl (C=O) groups excluding carboxylic acids is 1. The van der Waals surface area contributed by atoms with Gasteiger partial charge in [-0.2, -0.15) is 0 Å². The van der Waals surface area contributed by atoms with Crippen LogP contribution in [0.4, 0.5) is 0 Å². The summed E-state index contributed by atoms with van der Waals surface area (Å²) in [7, 11) is 0. The van der Waals surface area contributed by atoms with Gasteiger partial charge in [0.1, 0.15) is 6.10 Å². The van der Waals surface area contributed by atoms with Crippen LogP contribution >= 0.6 is 0 Å². The number of allylic oxidation sites excluding steroid dienone is 2. The molecule has 5 aliphatic rings. The molecule has 2 nitrogen and oxygen atoms in total. The first-order valence-electron chi connectivity index (χ1n) is 14.5. The van der Waals surface area contributed by atoms with E-state index in [0.29, 0.717) is 33.0 Å². The zero-order valence-electron chi connectivity index (χ0n) is 23.8. The largest absolute Gasteiger partial charge is 0.462 e. The van der Waals surface area contributed by atoms with Crippen molar-refractivity contribution in [3.63, 3.8) is 0 Å². The molecule has 0 aromatic carbocycles. The first-order valence-corrected chi connectivity index (χ1v) is 14.5. The second-order valence-corrected chi connectivity index (χ2v) is 15.7. The van der Waals surface area contributed by atoms with Crippen LogP contribution in [0.3, 0.4) is 0 Å². The molecule has 5 aliphatic carbocycles. The second kappa shape index (κ2) is 7.38. The molecule has 0 saturated heterocycles. The Bertz CT molecular complexity index is 897. The van der Waals surface area contributed by atoms with Crippen LogP contribution in [0, 0.1) is 50.2 Å². The number of carbonyl (C=O) groups is 1. The first kappa shape index (κ1) is 24.9. The summed E-state index contributed by atoms with van der Waals surface area (Å²) < 4.78 is 5.91. The van der Waals surface area contributed by atoms with Gasteiger partial charge in [0.15, 0.2) is 0 Å². The average molecular weight is 469 g/mol. The molecule has 8 atom stereocenters. The van der Waals surface area contributed by atoms with Crippen LogP contribution in [0.5, 0.6) is 0 Å². The Morgan fingerprint density at radius 3 is 2.12 bits per heavy atom. The van der Waals surface area contributed by atoms with E-state index in [9.17, 15) is 4.79 Å². The number of hydrogen-bond donors (Lipinski definition) is 0. The summed E-state index contributed by atoms with van der Waals surface area (Å²) in [5.74, 6) is 2.07. The lowest BCUT2D eigenvalue weighted by Gasteiger charge is -2.72. The zero-order valence-corrected chi connectivity index (χ0v) is 23.8. The highest BCUT2D eigenvalue weighted by atomic mass is 16.5. The maximum atomic E-state index is 11.9. The smallest absolute Gasteiger partial charge is 0.302 e. The summed E-state index contributed by atoms with van der Waals surface area (Å²) in [5.41, 5.74) is 3.85. The van der Waals surface area contributed by atoms with E-state index in [4.69, 9.17) is 4.74 Å². The summed E-state index contributed by atoms with van der Waals surface area (Å²) in [4.78, 5) is 11.9. The number of rotatable bonds is 1. The molecule has 0 amide bonds. The summed E-state index contributed by atoms with van der Waals surface area (Å²) in [6.07, 6.45) is 16.0. The predicted molar refractivity (Wildman–Crippen MR) is 140 cm³/mol. The van der Waals surface area contributed by atoms with Crippen LogP contribution < -0.4 is 0 Å². The number of esters is 1. The molecular formula is C32H52O2. The van der Waals surface area contributed by atoms with Crippen molar-refractivity contribution < 1.29 is 9.53 Å². The summed E-state index contributed by atoms with van der Waals surface area (Å²) in [6.45, 7) is 22.0. The van der Waals surface area contributed by atoms with Gasteiger partial charge in [-0.05, 0) is 109 Å². The molecule has 0 bridgehead atoms. The molecule has 34 heavy (non-hydrogen) atoms. The minimum absolute atomic E-state index is 0.0544. The van der Waals surface area contributed by atoms with Gasteiger partial charge in [-0.25, -0.2) is 0 Å². The van der Waals surface area contributed by atoms with Gasteiger partial charge in [0.2, 0.25) is 0 Å². The Hall–Kier alpha value is -0.790. The van der Waals surface area contributed by atoms with Crippen molar-refractivity contribution in [2.45, 2.75) is 133 Å². The lowest BCUT2D eigenvalue weighted by molar-refractivity contribution is -0.233. The van der Waals surface area contributed by atoms with Crippen LogP contribution in [0.1, 0.15) is 127 Å². The standard InChI is InChI=1S/C32H52O2/c1-21(33)34-26-13-14-30(7)24(28(26,4)5)12-15-32(9)25(30)11-10-22-23-20-27(2,3)16-17-29(23,6)18-19-31(22,32)8/h20,22,24-26H,10-19H2,1-9H3/t22-,24-,25+,26+,29-,30+,31-,32-/m1/s1. The van der Waals surface area contributed by atoms with E-state index in [-0.39, 0.29) is 17.5 Å². The molecule has 0 heterocycles. The first-order chi connectivity index (χ1) is 15.6. The third-order valence-corrected chi connectivity index (χ3v) is 13.2. The molecule has 192 valence electrons. The molecule has 0 unspecified atom stereocenters. The molecule has 0 aromatic heterocycles. The third-order valence-electron chi connectivity index (χ3n) is 13.2. The second-order valence-electron chi connectivity index (χ2n) is 15.7. The monoisotopic (exact) mass is 468 g/mol. The Morgan fingerprint density at radius 1 is 0.765 bits per heavy atom. The Labute approximate surface area is 210 Å². The van der Waals surface area contributed by atoms with Gasteiger partial charge in [-0.3, -0.25) is 4.79 Å². The molecule has 2 heteroatoms. The van der Waals surface area contributed by atoms with Gasteiger partial charge in [0, 0.05) is 12.3 Å². The van der Waals surface area contributed by atoms with Gasteiger partial charge >= 0.3 is 5.97 Å². The van der Waals surface area contributed by atoms with Crippen molar-refractivity contribution in [2.24, 2.45) is 50.2 Å². The van der Waals surface area contributed by atoms with E-state index < -0.39 is 0 Å². The lowest BCUT2D eigenvalue weighted by atomic mass is 9.32. The maximum absolute atomic E-state index is 11.9. The van der Waals surface area contributed by atoms with E-state index in [2.05, 4.69) is 61.5 Å². The highest BCUT2D eigenvalue weighted by molar-refractivity contribution is 5.66. The van der Waals surface area contributed by atoms with Gasteiger partial charge in [-0.1, -0.05) is 67.0 Å². The molecule has 5 rings (SSSR count). The fraction of sp³-hybridized carbons (Fsp3) is 0.906. The summed E-state index contributed by atoms with van der Waals surface area (Å²) in [5, 5.41) is 0. The van der Waals surface area contributed by atoms with Crippen LogP contribution in [0.25, 0.3) is 0 Å². The SMILES string of the molecule is CC(=O)O[C@H]1CC[C@@]2(C)[C@H](CC[C@]3(C)[C@H]2CC[C@@H]2C4=CC(C)(C)CC[C@]4(C)CC[C@]23C)C1(C)C.